The summed E-state index contributed by atoms with van der Waals surface area (Å²) >= 11 is 4.99. The molecule has 1 aromatic rings. The van der Waals surface area contributed by atoms with Gasteiger partial charge < -0.3 is 5.32 Å². The Bertz CT molecular complexity index is 472. The van der Waals surface area contributed by atoms with E-state index in [1.165, 1.54) is 5.56 Å². The SMILES string of the molecule is C=CCNC(=S)NC(=O)c1ccc(C(C)(C)C)cc1. The predicted octanol–water partition coefficient (Wildman–Crippen LogP) is 2.77. The molecule has 2 N–H and O–H groups in total. The van der Waals surface area contributed by atoms with Crippen molar-refractivity contribution < 1.29 is 4.79 Å². The van der Waals surface area contributed by atoms with Gasteiger partial charge in [-0.05, 0) is 35.3 Å². The van der Waals surface area contributed by atoms with Crippen LogP contribution < -0.4 is 10.6 Å². The number of hydrogen-bond acceptors (Lipinski definition) is 2. The van der Waals surface area contributed by atoms with E-state index in [0.717, 1.165) is 0 Å². The summed E-state index contributed by atoms with van der Waals surface area (Å²) in [5.41, 5.74) is 1.86. The van der Waals surface area contributed by atoms with Crippen LogP contribution in [-0.2, 0) is 5.41 Å². The molecule has 102 valence electrons. The summed E-state index contributed by atoms with van der Waals surface area (Å²) < 4.78 is 0. The molecule has 0 radical (unpaired) electrons. The third kappa shape index (κ3) is 4.83. The van der Waals surface area contributed by atoms with Gasteiger partial charge in [-0.25, -0.2) is 0 Å². The normalized spacial score (nSPS) is 10.7. The maximum Gasteiger partial charge on any atom is 0.257 e. The monoisotopic (exact) mass is 276 g/mol. The van der Waals surface area contributed by atoms with Crippen molar-refractivity contribution in [1.29, 1.82) is 0 Å². The van der Waals surface area contributed by atoms with E-state index in [1.54, 1.807) is 6.08 Å². The minimum Gasteiger partial charge on any atom is -0.359 e. The number of nitrogens with one attached hydrogen (secondary N) is 2. The lowest BCUT2D eigenvalue weighted by Gasteiger charge is -2.19. The molecule has 1 amide bonds. The van der Waals surface area contributed by atoms with Gasteiger partial charge in [0.05, 0.1) is 0 Å². The van der Waals surface area contributed by atoms with Crippen LogP contribution in [0.5, 0.6) is 0 Å². The van der Waals surface area contributed by atoms with Crippen molar-refractivity contribution in [2.45, 2.75) is 26.2 Å². The third-order valence-corrected chi connectivity index (χ3v) is 2.89. The highest BCUT2D eigenvalue weighted by Crippen LogP contribution is 2.22. The van der Waals surface area contributed by atoms with Crippen molar-refractivity contribution in [3.8, 4) is 0 Å². The van der Waals surface area contributed by atoms with Gasteiger partial charge in [0, 0.05) is 12.1 Å². The zero-order chi connectivity index (χ0) is 14.5. The molecule has 19 heavy (non-hydrogen) atoms. The lowest BCUT2D eigenvalue weighted by molar-refractivity contribution is 0.0976. The fourth-order valence-electron chi connectivity index (χ4n) is 1.51. The Morgan fingerprint density at radius 2 is 1.89 bits per heavy atom. The van der Waals surface area contributed by atoms with Gasteiger partial charge in [0.15, 0.2) is 5.11 Å². The van der Waals surface area contributed by atoms with Gasteiger partial charge in [-0.15, -0.1) is 6.58 Å². The van der Waals surface area contributed by atoms with E-state index in [4.69, 9.17) is 12.2 Å². The molecule has 1 aromatic carbocycles. The van der Waals surface area contributed by atoms with Gasteiger partial charge in [0.2, 0.25) is 0 Å². The molecule has 0 aliphatic rings. The number of thiocarbonyl (C=S) groups is 1. The Labute approximate surface area is 120 Å². The quantitative estimate of drug-likeness (QED) is 0.659. The zero-order valence-corrected chi connectivity index (χ0v) is 12.4. The minimum atomic E-state index is -0.206. The van der Waals surface area contributed by atoms with Crippen LogP contribution >= 0.6 is 12.2 Å². The van der Waals surface area contributed by atoms with Crippen molar-refractivity contribution in [2.75, 3.05) is 6.54 Å². The standard InChI is InChI=1S/C15H20N2OS/c1-5-10-16-14(19)17-13(18)11-6-8-12(9-7-11)15(2,3)4/h5-9H,1,10H2,2-4H3,(H2,16,17,18,19). The lowest BCUT2D eigenvalue weighted by Crippen LogP contribution is -2.39. The van der Waals surface area contributed by atoms with Crippen molar-refractivity contribution in [3.63, 3.8) is 0 Å². The Morgan fingerprint density at radius 3 is 2.37 bits per heavy atom. The smallest absolute Gasteiger partial charge is 0.257 e. The molecule has 0 heterocycles. The summed E-state index contributed by atoms with van der Waals surface area (Å²) in [6.07, 6.45) is 1.68. The molecule has 0 fully saturated rings. The maximum atomic E-state index is 11.9. The summed E-state index contributed by atoms with van der Waals surface area (Å²) in [5, 5.41) is 5.78. The fourth-order valence-corrected chi connectivity index (χ4v) is 1.68. The molecular weight excluding hydrogens is 256 g/mol. The molecule has 1 rings (SSSR count). The molecule has 0 spiro atoms. The van der Waals surface area contributed by atoms with Crippen molar-refractivity contribution in [1.82, 2.24) is 10.6 Å². The predicted molar refractivity (Wildman–Crippen MR) is 83.4 cm³/mol. The fraction of sp³-hybridized carbons (Fsp3) is 0.333. The Morgan fingerprint density at radius 1 is 1.32 bits per heavy atom. The van der Waals surface area contributed by atoms with E-state index < -0.39 is 0 Å². The summed E-state index contributed by atoms with van der Waals surface area (Å²) in [6, 6.07) is 7.56. The molecule has 4 heteroatoms. The zero-order valence-electron chi connectivity index (χ0n) is 11.6. The average Bonchev–Trinajstić information content (AvgIpc) is 2.35. The molecular formula is C15H20N2OS. The highest BCUT2D eigenvalue weighted by molar-refractivity contribution is 7.80. The van der Waals surface area contributed by atoms with Crippen molar-refractivity contribution in [2.24, 2.45) is 0 Å². The number of benzene rings is 1. The minimum absolute atomic E-state index is 0.0792. The van der Waals surface area contributed by atoms with Gasteiger partial charge >= 0.3 is 0 Å². The van der Waals surface area contributed by atoms with Crippen LogP contribution in [-0.4, -0.2) is 17.6 Å². The van der Waals surface area contributed by atoms with Crippen LogP contribution in [0.1, 0.15) is 36.7 Å². The molecule has 0 saturated heterocycles. The molecule has 0 saturated carbocycles. The van der Waals surface area contributed by atoms with E-state index in [2.05, 4.69) is 38.0 Å². The van der Waals surface area contributed by atoms with Gasteiger partial charge in [-0.1, -0.05) is 39.0 Å². The third-order valence-electron chi connectivity index (χ3n) is 2.65. The number of rotatable bonds is 3. The number of carbonyl (C=O) groups is 1. The molecule has 0 unspecified atom stereocenters. The molecule has 0 bridgehead atoms. The first kappa shape index (κ1) is 15.4. The summed E-state index contributed by atoms with van der Waals surface area (Å²) in [6.45, 7) is 10.5. The number of hydrogen-bond donors (Lipinski definition) is 2. The molecule has 3 nitrogen and oxygen atoms in total. The van der Waals surface area contributed by atoms with E-state index in [-0.39, 0.29) is 11.3 Å². The van der Waals surface area contributed by atoms with E-state index >= 15 is 0 Å². The first-order valence-corrected chi connectivity index (χ1v) is 6.56. The van der Waals surface area contributed by atoms with Gasteiger partial charge in [-0.3, -0.25) is 10.1 Å². The maximum absolute atomic E-state index is 11.9. The molecule has 0 aliphatic carbocycles. The van der Waals surface area contributed by atoms with Crippen molar-refractivity contribution in [3.05, 3.63) is 48.0 Å². The highest BCUT2D eigenvalue weighted by Gasteiger charge is 2.14. The Kier molecular flexibility index (Phi) is 5.24. The Hall–Kier alpha value is -1.68. The summed E-state index contributed by atoms with van der Waals surface area (Å²) in [5.74, 6) is -0.206. The van der Waals surface area contributed by atoms with Crippen LogP contribution in [0.2, 0.25) is 0 Å². The Balaban J connectivity index is 2.68. The van der Waals surface area contributed by atoms with E-state index in [0.29, 0.717) is 17.2 Å². The average molecular weight is 276 g/mol. The topological polar surface area (TPSA) is 41.1 Å². The second kappa shape index (κ2) is 6.48. The van der Waals surface area contributed by atoms with Crippen LogP contribution in [0.25, 0.3) is 0 Å². The van der Waals surface area contributed by atoms with Gasteiger partial charge in [0.25, 0.3) is 5.91 Å². The highest BCUT2D eigenvalue weighted by atomic mass is 32.1. The van der Waals surface area contributed by atoms with Crippen LogP contribution in [0.15, 0.2) is 36.9 Å². The second-order valence-electron chi connectivity index (χ2n) is 5.28. The number of amides is 1. The summed E-state index contributed by atoms with van der Waals surface area (Å²) in [7, 11) is 0. The van der Waals surface area contributed by atoms with Crippen LogP contribution in [0, 0.1) is 0 Å². The number of carbonyl (C=O) groups excluding carboxylic acids is 1. The van der Waals surface area contributed by atoms with Gasteiger partial charge in [-0.2, -0.15) is 0 Å². The molecule has 0 aromatic heterocycles. The molecule has 0 aliphatic heterocycles. The van der Waals surface area contributed by atoms with Crippen molar-refractivity contribution >= 4 is 23.2 Å². The second-order valence-corrected chi connectivity index (χ2v) is 5.69. The largest absolute Gasteiger partial charge is 0.359 e. The molecule has 0 atom stereocenters. The first-order valence-electron chi connectivity index (χ1n) is 6.15. The van der Waals surface area contributed by atoms with E-state index in [1.807, 2.05) is 24.3 Å². The van der Waals surface area contributed by atoms with Crippen LogP contribution in [0.3, 0.4) is 0 Å². The van der Waals surface area contributed by atoms with Gasteiger partial charge in [0.1, 0.15) is 0 Å². The van der Waals surface area contributed by atoms with Crippen LogP contribution in [0.4, 0.5) is 0 Å². The first-order chi connectivity index (χ1) is 8.84. The van der Waals surface area contributed by atoms with E-state index in [9.17, 15) is 4.79 Å². The lowest BCUT2D eigenvalue weighted by atomic mass is 9.87. The summed E-state index contributed by atoms with van der Waals surface area (Å²) in [4.78, 5) is 11.9.